The lowest BCUT2D eigenvalue weighted by atomic mass is 9.89. The van der Waals surface area contributed by atoms with Gasteiger partial charge in [0.15, 0.2) is 0 Å². The van der Waals surface area contributed by atoms with E-state index in [9.17, 15) is 9.59 Å². The van der Waals surface area contributed by atoms with Gasteiger partial charge in [0.2, 0.25) is 5.91 Å². The molecule has 8 heteroatoms. The van der Waals surface area contributed by atoms with Crippen LogP contribution >= 0.6 is 23.2 Å². The molecule has 1 saturated heterocycles. The topological polar surface area (TPSA) is 64.7 Å². The highest BCUT2D eigenvalue weighted by atomic mass is 35.5. The number of urea groups is 1. The zero-order valence-corrected chi connectivity index (χ0v) is 20.0. The molecular formula is C24H30Cl2N4O2. The fourth-order valence-electron chi connectivity index (χ4n) is 3.96. The molecule has 1 fully saturated rings. The standard InChI is InChI=1S/C24H30Cl2N4O2/c1-3-13-29(2)16-22(31)27-19-9-7-17(8-10-19)18-11-14-30(15-12-18)24(32)28-23-20(25)5-4-6-21(23)26/h4-10,18H,3,11-16H2,1-2H3,(H,27,31)(H,28,32). The Bertz CT molecular complexity index is 908. The third-order valence-corrected chi connectivity index (χ3v) is 6.29. The molecule has 3 rings (SSSR count). The highest BCUT2D eigenvalue weighted by Gasteiger charge is 2.24. The summed E-state index contributed by atoms with van der Waals surface area (Å²) in [5, 5.41) is 6.62. The molecule has 0 spiro atoms. The molecule has 2 aromatic rings. The first-order valence-corrected chi connectivity index (χ1v) is 11.7. The van der Waals surface area contributed by atoms with Gasteiger partial charge in [-0.2, -0.15) is 0 Å². The molecule has 0 aliphatic carbocycles. The van der Waals surface area contributed by atoms with Crippen molar-refractivity contribution in [2.75, 3.05) is 43.9 Å². The summed E-state index contributed by atoms with van der Waals surface area (Å²) in [6.45, 7) is 4.68. The Morgan fingerprint density at radius 1 is 1.03 bits per heavy atom. The second kappa shape index (κ2) is 11.5. The number of halogens is 2. The number of likely N-dealkylation sites (tertiary alicyclic amines) is 1. The number of carbonyl (C=O) groups is 2. The van der Waals surface area contributed by atoms with E-state index in [0.29, 0.717) is 41.3 Å². The maximum Gasteiger partial charge on any atom is 0.321 e. The summed E-state index contributed by atoms with van der Waals surface area (Å²) in [6.07, 6.45) is 2.76. The number of piperidine rings is 1. The third-order valence-electron chi connectivity index (χ3n) is 5.66. The Morgan fingerprint density at radius 2 is 1.66 bits per heavy atom. The number of nitrogens with one attached hydrogen (secondary N) is 2. The highest BCUT2D eigenvalue weighted by Crippen LogP contribution is 2.32. The van der Waals surface area contributed by atoms with Gasteiger partial charge in [0.1, 0.15) is 0 Å². The van der Waals surface area contributed by atoms with E-state index in [1.165, 1.54) is 5.56 Å². The van der Waals surface area contributed by atoms with Crippen molar-refractivity contribution in [1.29, 1.82) is 0 Å². The number of anilines is 2. The molecule has 32 heavy (non-hydrogen) atoms. The van der Waals surface area contributed by atoms with E-state index in [-0.39, 0.29) is 11.9 Å². The Kier molecular flexibility index (Phi) is 8.79. The van der Waals surface area contributed by atoms with E-state index in [4.69, 9.17) is 23.2 Å². The number of hydrogen-bond acceptors (Lipinski definition) is 3. The summed E-state index contributed by atoms with van der Waals surface area (Å²) in [5.74, 6) is 0.370. The zero-order chi connectivity index (χ0) is 23.1. The number of benzene rings is 2. The summed E-state index contributed by atoms with van der Waals surface area (Å²) >= 11 is 12.3. The second-order valence-electron chi connectivity index (χ2n) is 8.20. The minimum absolute atomic E-state index is 0.00774. The van der Waals surface area contributed by atoms with Crippen LogP contribution in [0.25, 0.3) is 0 Å². The molecular weight excluding hydrogens is 447 g/mol. The van der Waals surface area contributed by atoms with Crippen LogP contribution in [0.4, 0.5) is 16.2 Å². The molecule has 0 aromatic heterocycles. The summed E-state index contributed by atoms with van der Waals surface area (Å²) in [5.41, 5.74) is 2.47. The van der Waals surface area contributed by atoms with Crippen molar-refractivity contribution in [2.24, 2.45) is 0 Å². The maximum absolute atomic E-state index is 12.6. The number of para-hydroxylation sites is 1. The first-order valence-electron chi connectivity index (χ1n) is 11.0. The highest BCUT2D eigenvalue weighted by molar-refractivity contribution is 6.39. The third kappa shape index (κ3) is 6.61. The zero-order valence-electron chi connectivity index (χ0n) is 18.5. The summed E-state index contributed by atoms with van der Waals surface area (Å²) in [4.78, 5) is 28.6. The maximum atomic E-state index is 12.6. The van der Waals surface area contributed by atoms with Crippen LogP contribution in [0.1, 0.15) is 37.7 Å². The summed E-state index contributed by atoms with van der Waals surface area (Å²) < 4.78 is 0. The molecule has 6 nitrogen and oxygen atoms in total. The number of likely N-dealkylation sites (N-methyl/N-ethyl adjacent to an activating group) is 1. The van der Waals surface area contributed by atoms with E-state index in [1.807, 2.05) is 24.1 Å². The van der Waals surface area contributed by atoms with Crippen molar-refractivity contribution >= 4 is 46.5 Å². The van der Waals surface area contributed by atoms with Crippen LogP contribution in [0, 0.1) is 0 Å². The SMILES string of the molecule is CCCN(C)CC(=O)Nc1ccc(C2CCN(C(=O)Nc3c(Cl)cccc3Cl)CC2)cc1. The molecule has 0 bridgehead atoms. The lowest BCUT2D eigenvalue weighted by Crippen LogP contribution is -2.40. The van der Waals surface area contributed by atoms with Gasteiger partial charge in [0.25, 0.3) is 0 Å². The molecule has 3 amide bonds. The van der Waals surface area contributed by atoms with Gasteiger partial charge in [-0.25, -0.2) is 4.79 Å². The molecule has 0 radical (unpaired) electrons. The largest absolute Gasteiger partial charge is 0.325 e. The van der Waals surface area contributed by atoms with Crippen molar-refractivity contribution < 1.29 is 9.59 Å². The van der Waals surface area contributed by atoms with Crippen LogP contribution in [0.2, 0.25) is 10.0 Å². The van der Waals surface area contributed by atoms with Crippen LogP contribution < -0.4 is 10.6 Å². The molecule has 172 valence electrons. The molecule has 1 aliphatic rings. The Labute approximate surface area is 199 Å². The molecule has 0 unspecified atom stereocenters. The molecule has 2 N–H and O–H groups in total. The van der Waals surface area contributed by atoms with Gasteiger partial charge in [-0.1, -0.05) is 48.3 Å². The van der Waals surface area contributed by atoms with Crippen LogP contribution in [-0.2, 0) is 4.79 Å². The van der Waals surface area contributed by atoms with Gasteiger partial charge < -0.3 is 15.5 Å². The smallest absolute Gasteiger partial charge is 0.321 e. The van der Waals surface area contributed by atoms with Crippen LogP contribution in [0.3, 0.4) is 0 Å². The van der Waals surface area contributed by atoms with Crippen LogP contribution in [-0.4, -0.2) is 55.0 Å². The van der Waals surface area contributed by atoms with Crippen molar-refractivity contribution in [3.8, 4) is 0 Å². The predicted octanol–water partition coefficient (Wildman–Crippen LogP) is 5.69. The summed E-state index contributed by atoms with van der Waals surface area (Å²) in [7, 11) is 1.95. The van der Waals surface area contributed by atoms with Crippen molar-refractivity contribution in [3.63, 3.8) is 0 Å². The van der Waals surface area contributed by atoms with Gasteiger partial charge in [0, 0.05) is 18.8 Å². The van der Waals surface area contributed by atoms with Gasteiger partial charge in [-0.05, 0) is 68.6 Å². The van der Waals surface area contributed by atoms with Crippen LogP contribution in [0.5, 0.6) is 0 Å². The fraction of sp³-hybridized carbons (Fsp3) is 0.417. The molecule has 1 heterocycles. The average Bonchev–Trinajstić information content (AvgIpc) is 2.77. The first-order chi connectivity index (χ1) is 15.4. The number of nitrogens with zero attached hydrogens (tertiary/aromatic N) is 2. The number of carbonyl (C=O) groups excluding carboxylic acids is 2. The average molecular weight is 477 g/mol. The normalized spacial score (nSPS) is 14.5. The lowest BCUT2D eigenvalue weighted by Gasteiger charge is -2.32. The molecule has 1 aliphatic heterocycles. The molecule has 0 saturated carbocycles. The first kappa shape index (κ1) is 24.4. The monoisotopic (exact) mass is 476 g/mol. The Morgan fingerprint density at radius 3 is 2.25 bits per heavy atom. The van der Waals surface area contributed by atoms with E-state index in [0.717, 1.165) is 31.5 Å². The quantitative estimate of drug-likeness (QED) is 0.539. The lowest BCUT2D eigenvalue weighted by molar-refractivity contribution is -0.117. The fourth-order valence-corrected chi connectivity index (χ4v) is 4.46. The van der Waals surface area contributed by atoms with E-state index < -0.39 is 0 Å². The van der Waals surface area contributed by atoms with Gasteiger partial charge >= 0.3 is 6.03 Å². The van der Waals surface area contributed by atoms with Crippen molar-refractivity contribution in [2.45, 2.75) is 32.1 Å². The second-order valence-corrected chi connectivity index (χ2v) is 9.01. The van der Waals surface area contributed by atoms with E-state index >= 15 is 0 Å². The van der Waals surface area contributed by atoms with Crippen LogP contribution in [0.15, 0.2) is 42.5 Å². The van der Waals surface area contributed by atoms with Gasteiger partial charge in [-0.3, -0.25) is 9.69 Å². The Balaban J connectivity index is 1.49. The van der Waals surface area contributed by atoms with Gasteiger partial charge in [0.05, 0.1) is 22.3 Å². The van der Waals surface area contributed by atoms with E-state index in [1.54, 1.807) is 23.1 Å². The molecule has 2 aromatic carbocycles. The van der Waals surface area contributed by atoms with Crippen molar-refractivity contribution in [3.05, 3.63) is 58.1 Å². The predicted molar refractivity (Wildman–Crippen MR) is 132 cm³/mol. The summed E-state index contributed by atoms with van der Waals surface area (Å²) in [6, 6.07) is 13.0. The van der Waals surface area contributed by atoms with Crippen molar-refractivity contribution in [1.82, 2.24) is 9.80 Å². The minimum Gasteiger partial charge on any atom is -0.325 e. The molecule has 0 atom stereocenters. The minimum atomic E-state index is -0.190. The number of rotatable bonds is 7. The number of hydrogen-bond donors (Lipinski definition) is 2. The number of amides is 3. The van der Waals surface area contributed by atoms with E-state index in [2.05, 4.69) is 29.7 Å². The Hall–Kier alpha value is -2.28. The van der Waals surface area contributed by atoms with Gasteiger partial charge in [-0.15, -0.1) is 0 Å².